The van der Waals surface area contributed by atoms with E-state index in [1.807, 2.05) is 6.07 Å². The summed E-state index contributed by atoms with van der Waals surface area (Å²) in [4.78, 5) is 57.7. The molecule has 0 unspecified atom stereocenters. The molecular weight excluding hydrogens is 456 g/mol. The number of benzene rings is 1. The number of aryl methyl sites for hydroxylation is 1. The number of hydrogen-bond donors (Lipinski definition) is 0. The summed E-state index contributed by atoms with van der Waals surface area (Å²) in [6.45, 7) is 3.67. The van der Waals surface area contributed by atoms with Crippen molar-refractivity contribution in [1.29, 1.82) is 0 Å². The number of rotatable bonds is 8. The molecule has 2 aliphatic heterocycles. The number of cyclic esters (lactones) is 1. The van der Waals surface area contributed by atoms with Crippen molar-refractivity contribution in [3.05, 3.63) is 54.1 Å². The second-order valence-electron chi connectivity index (χ2n) is 8.20. The van der Waals surface area contributed by atoms with Crippen molar-refractivity contribution < 1.29 is 33.4 Å². The first-order valence-electron chi connectivity index (χ1n) is 11.5. The number of imidazole rings is 1. The largest absolute Gasteiger partial charge is 0.466 e. The maximum absolute atomic E-state index is 14.0. The molecule has 2 fully saturated rings. The molecule has 0 saturated carbocycles. The van der Waals surface area contributed by atoms with Crippen LogP contribution in [0.4, 0.5) is 4.79 Å². The number of carbonyl (C=O) groups is 4. The fourth-order valence-corrected chi connectivity index (χ4v) is 4.87. The summed E-state index contributed by atoms with van der Waals surface area (Å²) >= 11 is 0. The Morgan fingerprint density at radius 3 is 2.31 bits per heavy atom. The number of carbonyl (C=O) groups excluding carboxylic acids is 4. The summed E-state index contributed by atoms with van der Waals surface area (Å²) in [6.07, 6.45) is 2.36. The van der Waals surface area contributed by atoms with E-state index in [2.05, 4.69) is 4.98 Å². The molecule has 1 aromatic heterocycles. The van der Waals surface area contributed by atoms with Crippen LogP contribution in [0.5, 0.6) is 0 Å². The lowest BCUT2D eigenvalue weighted by Crippen LogP contribution is -2.56. The molecule has 186 valence electrons. The SMILES string of the molecule is CCOC(=O)[C@H]1[C@H](c2ccccc2)[C@H](C(=O)OCC)N(N2CCOC2=O)[C@@H]1C(=O)c1nccn1C. The molecular formula is C24H28N4O7. The van der Waals surface area contributed by atoms with Crippen LogP contribution in [0.2, 0.25) is 0 Å². The summed E-state index contributed by atoms with van der Waals surface area (Å²) in [5.74, 6) is -3.72. The molecule has 1 aromatic carbocycles. The smallest absolute Gasteiger partial charge is 0.424 e. The molecule has 0 aliphatic carbocycles. The monoisotopic (exact) mass is 484 g/mol. The van der Waals surface area contributed by atoms with Crippen molar-refractivity contribution in [3.8, 4) is 0 Å². The fraction of sp³-hybridized carbons (Fsp3) is 0.458. The first-order chi connectivity index (χ1) is 16.9. The van der Waals surface area contributed by atoms with Crippen molar-refractivity contribution in [2.45, 2.75) is 31.8 Å². The van der Waals surface area contributed by atoms with E-state index < -0.39 is 47.7 Å². The fourth-order valence-electron chi connectivity index (χ4n) is 4.87. The summed E-state index contributed by atoms with van der Waals surface area (Å²) in [6, 6.07) is 6.49. The van der Waals surface area contributed by atoms with Gasteiger partial charge in [-0.15, -0.1) is 0 Å². The number of esters is 2. The van der Waals surface area contributed by atoms with E-state index in [1.54, 1.807) is 51.4 Å². The van der Waals surface area contributed by atoms with Gasteiger partial charge in [-0.2, -0.15) is 5.01 Å². The Balaban J connectivity index is 1.95. The normalized spacial score (nSPS) is 24.3. The van der Waals surface area contributed by atoms with Crippen LogP contribution in [0, 0.1) is 5.92 Å². The first-order valence-corrected chi connectivity index (χ1v) is 11.5. The molecule has 0 radical (unpaired) electrons. The van der Waals surface area contributed by atoms with Gasteiger partial charge in [-0.1, -0.05) is 30.3 Å². The lowest BCUT2D eigenvalue weighted by molar-refractivity contribution is -0.155. The average molecular weight is 485 g/mol. The zero-order valence-electron chi connectivity index (χ0n) is 19.8. The second-order valence-corrected chi connectivity index (χ2v) is 8.20. The van der Waals surface area contributed by atoms with Crippen molar-refractivity contribution in [2.24, 2.45) is 13.0 Å². The van der Waals surface area contributed by atoms with Gasteiger partial charge in [0.2, 0.25) is 5.78 Å². The predicted molar refractivity (Wildman–Crippen MR) is 121 cm³/mol. The highest BCUT2D eigenvalue weighted by Crippen LogP contribution is 2.46. The molecule has 4 rings (SSSR count). The Bertz CT molecular complexity index is 1100. The third-order valence-electron chi connectivity index (χ3n) is 6.24. The number of nitrogens with zero attached hydrogens (tertiary/aromatic N) is 4. The van der Waals surface area contributed by atoms with E-state index in [0.717, 1.165) is 0 Å². The Morgan fingerprint density at radius 2 is 1.74 bits per heavy atom. The molecule has 11 nitrogen and oxygen atoms in total. The molecule has 0 N–H and O–H groups in total. The number of ether oxygens (including phenoxy) is 3. The Labute approximate surface area is 202 Å². The standard InChI is InChI=1S/C24H28N4O7/c1-4-33-22(30)17-16(15-9-7-6-8-10-15)19(23(31)34-5-2)28(27-13-14-35-24(27)32)18(17)20(29)21-25-11-12-26(21)3/h6-12,16-19H,4-5,13-14H2,1-3H3/t16-,17-,18-,19+/m0/s1. The van der Waals surface area contributed by atoms with Crippen molar-refractivity contribution in [3.63, 3.8) is 0 Å². The molecule has 35 heavy (non-hydrogen) atoms. The molecule has 3 heterocycles. The molecule has 2 aromatic rings. The van der Waals surface area contributed by atoms with Gasteiger partial charge in [0, 0.05) is 25.4 Å². The van der Waals surface area contributed by atoms with Crippen LogP contribution in [-0.4, -0.2) is 81.8 Å². The molecule has 0 bridgehead atoms. The minimum Gasteiger partial charge on any atom is -0.466 e. The molecule has 1 amide bonds. The quantitative estimate of drug-likeness (QED) is 0.312. The van der Waals surface area contributed by atoms with Gasteiger partial charge in [-0.05, 0) is 19.4 Å². The lowest BCUT2D eigenvalue weighted by Gasteiger charge is -2.34. The number of amides is 1. The minimum atomic E-state index is -1.26. The number of aromatic nitrogens is 2. The van der Waals surface area contributed by atoms with Gasteiger partial charge >= 0.3 is 18.0 Å². The Morgan fingerprint density at radius 1 is 1.06 bits per heavy atom. The van der Waals surface area contributed by atoms with Gasteiger partial charge in [-0.25, -0.2) is 14.8 Å². The third-order valence-corrected chi connectivity index (χ3v) is 6.24. The van der Waals surface area contributed by atoms with Crippen LogP contribution in [0.25, 0.3) is 0 Å². The minimum absolute atomic E-state index is 0.0776. The van der Waals surface area contributed by atoms with Crippen LogP contribution in [0.3, 0.4) is 0 Å². The molecule has 0 spiro atoms. The lowest BCUT2D eigenvalue weighted by atomic mass is 9.80. The molecule has 2 aliphatic rings. The van der Waals surface area contributed by atoms with Crippen LogP contribution < -0.4 is 0 Å². The molecule has 2 saturated heterocycles. The summed E-state index contributed by atoms with van der Waals surface area (Å²) in [5.41, 5.74) is 0.635. The highest BCUT2D eigenvalue weighted by molar-refractivity contribution is 6.02. The van der Waals surface area contributed by atoms with E-state index in [4.69, 9.17) is 14.2 Å². The van der Waals surface area contributed by atoms with Gasteiger partial charge in [0.15, 0.2) is 5.82 Å². The van der Waals surface area contributed by atoms with Gasteiger partial charge in [-0.3, -0.25) is 14.4 Å². The summed E-state index contributed by atoms with van der Waals surface area (Å²) in [5, 5.41) is 2.56. The van der Waals surface area contributed by atoms with Crippen molar-refractivity contribution in [2.75, 3.05) is 26.4 Å². The highest BCUT2D eigenvalue weighted by atomic mass is 16.6. The van der Waals surface area contributed by atoms with Gasteiger partial charge in [0.1, 0.15) is 18.7 Å². The van der Waals surface area contributed by atoms with Crippen LogP contribution in [-0.2, 0) is 30.8 Å². The van der Waals surface area contributed by atoms with Crippen molar-refractivity contribution >= 4 is 23.8 Å². The van der Waals surface area contributed by atoms with Gasteiger partial charge in [0.25, 0.3) is 0 Å². The van der Waals surface area contributed by atoms with Crippen LogP contribution >= 0.6 is 0 Å². The molecule has 4 atom stereocenters. The Kier molecular flexibility index (Phi) is 7.15. The predicted octanol–water partition coefficient (Wildman–Crippen LogP) is 1.55. The van der Waals surface area contributed by atoms with Crippen LogP contribution in [0.1, 0.15) is 35.9 Å². The summed E-state index contributed by atoms with van der Waals surface area (Å²) in [7, 11) is 1.65. The zero-order chi connectivity index (χ0) is 25.1. The van der Waals surface area contributed by atoms with Gasteiger partial charge < -0.3 is 18.8 Å². The topological polar surface area (TPSA) is 120 Å². The third kappa shape index (κ3) is 4.39. The van der Waals surface area contributed by atoms with Crippen molar-refractivity contribution in [1.82, 2.24) is 19.6 Å². The van der Waals surface area contributed by atoms with E-state index in [-0.39, 0.29) is 32.2 Å². The van der Waals surface area contributed by atoms with E-state index in [1.165, 1.54) is 20.8 Å². The first kappa shape index (κ1) is 24.4. The van der Waals surface area contributed by atoms with E-state index >= 15 is 0 Å². The number of hydrogen-bond acceptors (Lipinski definition) is 9. The summed E-state index contributed by atoms with van der Waals surface area (Å²) < 4.78 is 17.5. The maximum Gasteiger partial charge on any atom is 0.424 e. The Hall–Kier alpha value is -3.73. The average Bonchev–Trinajstić information content (AvgIpc) is 3.55. The second kappa shape index (κ2) is 10.3. The number of Topliss-reactive ketones (excluding diaryl/α,β-unsaturated/α-hetero) is 1. The zero-order valence-corrected chi connectivity index (χ0v) is 19.8. The number of hydrazine groups is 1. The molecule has 11 heteroatoms. The maximum atomic E-state index is 14.0. The number of ketones is 1. The van der Waals surface area contributed by atoms with E-state index in [9.17, 15) is 19.2 Å². The van der Waals surface area contributed by atoms with Crippen LogP contribution in [0.15, 0.2) is 42.7 Å². The van der Waals surface area contributed by atoms with Gasteiger partial charge in [0.05, 0.1) is 25.7 Å². The highest BCUT2D eigenvalue weighted by Gasteiger charge is 2.62. The van der Waals surface area contributed by atoms with E-state index in [0.29, 0.717) is 5.56 Å².